The molecular formula is C15H14N2O3. The third-order valence-electron chi connectivity index (χ3n) is 2.86. The van der Waals surface area contributed by atoms with Crippen LogP contribution in [-0.2, 0) is 0 Å². The number of hydrogen-bond acceptors (Lipinski definition) is 5. The molecule has 0 heterocycles. The molecule has 0 aliphatic rings. The predicted octanol–water partition coefficient (Wildman–Crippen LogP) is 2.65. The smallest absolute Gasteiger partial charge is 0.157 e. The van der Waals surface area contributed by atoms with Gasteiger partial charge in [-0.25, -0.2) is 0 Å². The molecule has 0 radical (unpaired) electrons. The van der Waals surface area contributed by atoms with Gasteiger partial charge in [-0.3, -0.25) is 0 Å². The minimum atomic E-state index is -0.212. The van der Waals surface area contributed by atoms with Crippen LogP contribution in [0.25, 0.3) is 10.8 Å². The van der Waals surface area contributed by atoms with E-state index >= 15 is 0 Å². The molecular weight excluding hydrogens is 256 g/mol. The molecule has 3 N–H and O–H groups in total. The number of benzene rings is 2. The van der Waals surface area contributed by atoms with Crippen molar-refractivity contribution in [2.75, 3.05) is 13.7 Å². The molecule has 0 saturated heterocycles. The molecule has 5 nitrogen and oxygen atoms in total. The van der Waals surface area contributed by atoms with Gasteiger partial charge >= 0.3 is 0 Å². The molecule has 0 atom stereocenters. The van der Waals surface area contributed by atoms with E-state index in [1.165, 1.54) is 13.2 Å². The van der Waals surface area contributed by atoms with Crippen LogP contribution in [0.3, 0.4) is 0 Å². The van der Waals surface area contributed by atoms with Crippen LogP contribution < -0.4 is 10.5 Å². The maximum Gasteiger partial charge on any atom is 0.157 e. The molecule has 0 unspecified atom stereocenters. The SMILES string of the molecule is COc1cc(O)c(N=O)c2cc(C#CCCN)ccc12. The van der Waals surface area contributed by atoms with Gasteiger partial charge in [0.25, 0.3) is 0 Å². The summed E-state index contributed by atoms with van der Waals surface area (Å²) in [6.45, 7) is 0.496. The van der Waals surface area contributed by atoms with Crippen LogP contribution in [-0.4, -0.2) is 18.8 Å². The monoisotopic (exact) mass is 270 g/mol. The first-order valence-corrected chi connectivity index (χ1v) is 6.07. The summed E-state index contributed by atoms with van der Waals surface area (Å²) in [5.41, 5.74) is 6.09. The number of nitroso groups, excluding NO2 is 1. The lowest BCUT2D eigenvalue weighted by Gasteiger charge is -2.08. The summed E-state index contributed by atoms with van der Waals surface area (Å²) in [6, 6.07) is 6.69. The molecule has 0 aliphatic carbocycles. The second-order valence-corrected chi connectivity index (χ2v) is 4.14. The Morgan fingerprint density at radius 2 is 2.15 bits per heavy atom. The van der Waals surface area contributed by atoms with Gasteiger partial charge in [0.1, 0.15) is 11.5 Å². The second-order valence-electron chi connectivity index (χ2n) is 4.14. The van der Waals surface area contributed by atoms with E-state index in [0.29, 0.717) is 29.5 Å². The second kappa shape index (κ2) is 6.04. The van der Waals surface area contributed by atoms with Gasteiger partial charge in [0.05, 0.1) is 7.11 Å². The average Bonchev–Trinajstić information content (AvgIpc) is 2.46. The van der Waals surface area contributed by atoms with Crippen molar-refractivity contribution in [3.05, 3.63) is 34.7 Å². The Hall–Kier alpha value is -2.58. The quantitative estimate of drug-likeness (QED) is 0.663. The Balaban J connectivity index is 2.66. The minimum Gasteiger partial charge on any atom is -0.505 e. The fraction of sp³-hybridized carbons (Fsp3) is 0.200. The lowest BCUT2D eigenvalue weighted by atomic mass is 10.0. The summed E-state index contributed by atoms with van der Waals surface area (Å²) in [5, 5.41) is 13.9. The number of nitrogens with two attached hydrogens (primary N) is 1. The minimum absolute atomic E-state index is 0.0109. The molecule has 0 aromatic heterocycles. The number of fused-ring (bicyclic) bond motifs is 1. The first-order chi connectivity index (χ1) is 9.71. The van der Waals surface area contributed by atoms with Crippen LogP contribution in [0.2, 0.25) is 0 Å². The molecule has 0 saturated carbocycles. The highest BCUT2D eigenvalue weighted by atomic mass is 16.5. The highest BCUT2D eigenvalue weighted by Gasteiger charge is 2.13. The third kappa shape index (κ3) is 2.56. The summed E-state index contributed by atoms with van der Waals surface area (Å²) in [6.07, 6.45) is 0.597. The molecule has 20 heavy (non-hydrogen) atoms. The molecule has 2 aromatic rings. The van der Waals surface area contributed by atoms with Crippen molar-refractivity contribution in [3.63, 3.8) is 0 Å². The summed E-state index contributed by atoms with van der Waals surface area (Å²) >= 11 is 0. The summed E-state index contributed by atoms with van der Waals surface area (Å²) in [4.78, 5) is 10.9. The normalized spacial score (nSPS) is 9.90. The Bertz CT molecular complexity index is 714. The van der Waals surface area contributed by atoms with Crippen molar-refractivity contribution < 1.29 is 9.84 Å². The lowest BCUT2D eigenvalue weighted by Crippen LogP contribution is -1.95. The predicted molar refractivity (Wildman–Crippen MR) is 78.2 cm³/mol. The largest absolute Gasteiger partial charge is 0.505 e. The molecule has 0 aliphatic heterocycles. The van der Waals surface area contributed by atoms with Crippen LogP contribution in [0.1, 0.15) is 12.0 Å². The van der Waals surface area contributed by atoms with Gasteiger partial charge in [0.15, 0.2) is 5.69 Å². The van der Waals surface area contributed by atoms with Crippen molar-refractivity contribution in [1.29, 1.82) is 0 Å². The van der Waals surface area contributed by atoms with Gasteiger partial charge in [-0.2, -0.15) is 0 Å². The zero-order chi connectivity index (χ0) is 14.5. The standard InChI is InChI=1S/C15H14N2O3/c1-20-14-9-13(18)15(17-19)12-8-10(4-2-3-7-16)5-6-11(12)14/h5-6,8-9,18H,3,7,16H2,1H3. The number of aromatic hydroxyl groups is 1. The van der Waals surface area contributed by atoms with Crippen LogP contribution in [0, 0.1) is 16.7 Å². The van der Waals surface area contributed by atoms with Crippen molar-refractivity contribution >= 4 is 16.5 Å². The molecule has 2 rings (SSSR count). The molecule has 2 aromatic carbocycles. The van der Waals surface area contributed by atoms with Crippen LogP contribution >= 0.6 is 0 Å². The van der Waals surface area contributed by atoms with Gasteiger partial charge in [-0.1, -0.05) is 11.8 Å². The fourth-order valence-corrected chi connectivity index (χ4v) is 1.94. The molecule has 0 spiro atoms. The first kappa shape index (κ1) is 13.8. The molecule has 102 valence electrons. The summed E-state index contributed by atoms with van der Waals surface area (Å²) in [5.74, 6) is 6.14. The number of methoxy groups -OCH3 is 1. The third-order valence-corrected chi connectivity index (χ3v) is 2.86. The zero-order valence-electron chi connectivity index (χ0n) is 11.0. The zero-order valence-corrected chi connectivity index (χ0v) is 11.0. The number of ether oxygens (including phenoxy) is 1. The Kier molecular flexibility index (Phi) is 4.18. The molecule has 0 amide bonds. The number of nitrogens with zero attached hydrogens (tertiary/aromatic N) is 1. The van der Waals surface area contributed by atoms with Crippen molar-refractivity contribution in [3.8, 4) is 23.3 Å². The van der Waals surface area contributed by atoms with Gasteiger partial charge in [-0.05, 0) is 23.4 Å². The van der Waals surface area contributed by atoms with E-state index in [-0.39, 0.29) is 11.4 Å². The fourth-order valence-electron chi connectivity index (χ4n) is 1.94. The highest BCUT2D eigenvalue weighted by Crippen LogP contribution is 2.40. The number of hydrogen-bond donors (Lipinski definition) is 2. The van der Waals surface area contributed by atoms with E-state index in [2.05, 4.69) is 17.0 Å². The molecule has 0 bridgehead atoms. The van der Waals surface area contributed by atoms with E-state index in [4.69, 9.17) is 10.5 Å². The van der Waals surface area contributed by atoms with Crippen LogP contribution in [0.5, 0.6) is 11.5 Å². The van der Waals surface area contributed by atoms with Crippen LogP contribution in [0.15, 0.2) is 29.4 Å². The lowest BCUT2D eigenvalue weighted by molar-refractivity contribution is 0.413. The van der Waals surface area contributed by atoms with E-state index in [0.717, 1.165) is 5.56 Å². The maximum atomic E-state index is 10.9. The number of rotatable bonds is 3. The number of phenolic OH excluding ortho intramolecular Hbond substituents is 1. The Morgan fingerprint density at radius 3 is 2.80 bits per heavy atom. The Morgan fingerprint density at radius 1 is 1.35 bits per heavy atom. The highest BCUT2D eigenvalue weighted by molar-refractivity contribution is 6.00. The van der Waals surface area contributed by atoms with Crippen molar-refractivity contribution in [1.82, 2.24) is 0 Å². The summed E-state index contributed by atoms with van der Waals surface area (Å²) < 4.78 is 5.19. The van der Waals surface area contributed by atoms with Gasteiger partial charge in [0.2, 0.25) is 0 Å². The van der Waals surface area contributed by atoms with E-state index in [1.807, 2.05) is 6.07 Å². The maximum absolute atomic E-state index is 10.9. The summed E-state index contributed by atoms with van der Waals surface area (Å²) in [7, 11) is 1.50. The molecule has 5 heteroatoms. The van der Waals surface area contributed by atoms with Crippen molar-refractivity contribution in [2.24, 2.45) is 10.9 Å². The average molecular weight is 270 g/mol. The number of phenols is 1. The van der Waals surface area contributed by atoms with Gasteiger partial charge in [-0.15, -0.1) is 4.91 Å². The molecule has 0 fully saturated rings. The van der Waals surface area contributed by atoms with E-state index < -0.39 is 0 Å². The first-order valence-electron chi connectivity index (χ1n) is 6.07. The van der Waals surface area contributed by atoms with Gasteiger partial charge in [0, 0.05) is 35.4 Å². The van der Waals surface area contributed by atoms with Crippen LogP contribution in [0.4, 0.5) is 5.69 Å². The van der Waals surface area contributed by atoms with Gasteiger partial charge < -0.3 is 15.6 Å². The topological polar surface area (TPSA) is 84.9 Å². The van der Waals surface area contributed by atoms with E-state index in [1.54, 1.807) is 12.1 Å². The van der Waals surface area contributed by atoms with Crippen molar-refractivity contribution in [2.45, 2.75) is 6.42 Å². The Labute approximate surface area is 116 Å². The van der Waals surface area contributed by atoms with E-state index in [9.17, 15) is 10.0 Å².